The Balaban J connectivity index is 1.75. The van der Waals surface area contributed by atoms with Crippen LogP contribution < -0.4 is 5.32 Å². The van der Waals surface area contributed by atoms with Crippen molar-refractivity contribution in [3.8, 4) is 0 Å². The van der Waals surface area contributed by atoms with Gasteiger partial charge < -0.3 is 5.32 Å². The quantitative estimate of drug-likeness (QED) is 0.537. The highest BCUT2D eigenvalue weighted by Gasteiger charge is 2.22. The lowest BCUT2D eigenvalue weighted by atomic mass is 9.92. The van der Waals surface area contributed by atoms with E-state index < -0.39 is 0 Å². The molecule has 1 aromatic carbocycles. The molecular formula is C19H30FN. The van der Waals surface area contributed by atoms with E-state index >= 15 is 0 Å². The van der Waals surface area contributed by atoms with E-state index in [1.54, 1.807) is 12.1 Å². The fourth-order valence-corrected chi connectivity index (χ4v) is 2.89. The van der Waals surface area contributed by atoms with Gasteiger partial charge in [0.15, 0.2) is 0 Å². The molecule has 118 valence electrons. The third-order valence-electron chi connectivity index (χ3n) is 4.48. The number of halogens is 1. The largest absolute Gasteiger partial charge is 0.313 e. The van der Waals surface area contributed by atoms with Gasteiger partial charge in [0.25, 0.3) is 0 Å². The first-order chi connectivity index (χ1) is 10.3. The fraction of sp³-hybridized carbons (Fsp3) is 0.684. The van der Waals surface area contributed by atoms with Crippen molar-refractivity contribution in [2.45, 2.75) is 76.7 Å². The molecule has 1 nitrogen and oxygen atoms in total. The number of unbranched alkanes of at least 4 members (excludes halogenated alkanes) is 5. The standard InChI is InChI=1S/C19H30FN/c1-2-3-4-5-6-7-8-17(15-21-19-13-14-19)16-9-11-18(20)12-10-16/h9-12,17,19,21H,2-8,13-15H2,1H3. The molecule has 2 rings (SSSR count). The van der Waals surface area contributed by atoms with E-state index in [9.17, 15) is 4.39 Å². The van der Waals surface area contributed by atoms with Gasteiger partial charge in [-0.05, 0) is 42.9 Å². The maximum Gasteiger partial charge on any atom is 0.123 e. The van der Waals surface area contributed by atoms with Crippen LogP contribution in [0.3, 0.4) is 0 Å². The van der Waals surface area contributed by atoms with Crippen molar-refractivity contribution >= 4 is 0 Å². The van der Waals surface area contributed by atoms with Gasteiger partial charge in [-0.25, -0.2) is 4.39 Å². The predicted molar refractivity (Wildman–Crippen MR) is 88.2 cm³/mol. The lowest BCUT2D eigenvalue weighted by molar-refractivity contribution is 0.504. The van der Waals surface area contributed by atoms with E-state index in [0.29, 0.717) is 5.92 Å². The number of hydrogen-bond donors (Lipinski definition) is 1. The van der Waals surface area contributed by atoms with E-state index in [2.05, 4.69) is 12.2 Å². The Morgan fingerprint density at radius 2 is 1.71 bits per heavy atom. The molecule has 0 spiro atoms. The van der Waals surface area contributed by atoms with Gasteiger partial charge in [-0.3, -0.25) is 0 Å². The zero-order valence-corrected chi connectivity index (χ0v) is 13.4. The summed E-state index contributed by atoms with van der Waals surface area (Å²) in [5, 5.41) is 3.64. The van der Waals surface area contributed by atoms with Crippen LogP contribution in [-0.2, 0) is 0 Å². The predicted octanol–water partition coefficient (Wildman–Crippen LogP) is 5.41. The van der Waals surface area contributed by atoms with E-state index in [0.717, 1.165) is 12.6 Å². The second-order valence-corrected chi connectivity index (χ2v) is 6.49. The van der Waals surface area contributed by atoms with Crippen LogP contribution in [0.4, 0.5) is 4.39 Å². The van der Waals surface area contributed by atoms with Gasteiger partial charge in [-0.1, -0.05) is 57.6 Å². The van der Waals surface area contributed by atoms with Crippen LogP contribution in [0, 0.1) is 5.82 Å². The molecule has 0 radical (unpaired) electrons. The molecule has 1 N–H and O–H groups in total. The Labute approximate surface area is 129 Å². The molecular weight excluding hydrogens is 261 g/mol. The molecule has 0 bridgehead atoms. The van der Waals surface area contributed by atoms with Crippen molar-refractivity contribution in [3.05, 3.63) is 35.6 Å². The molecule has 0 saturated heterocycles. The molecule has 1 atom stereocenters. The topological polar surface area (TPSA) is 12.0 Å². The van der Waals surface area contributed by atoms with Gasteiger partial charge in [0, 0.05) is 12.6 Å². The Morgan fingerprint density at radius 3 is 2.38 bits per heavy atom. The highest BCUT2D eigenvalue weighted by molar-refractivity contribution is 5.21. The van der Waals surface area contributed by atoms with Gasteiger partial charge in [-0.15, -0.1) is 0 Å². The molecule has 1 saturated carbocycles. The number of rotatable bonds is 11. The minimum absolute atomic E-state index is 0.132. The molecule has 0 heterocycles. The first-order valence-electron chi connectivity index (χ1n) is 8.78. The maximum absolute atomic E-state index is 13.1. The Morgan fingerprint density at radius 1 is 1.05 bits per heavy atom. The number of nitrogens with one attached hydrogen (secondary N) is 1. The molecule has 1 aliphatic rings. The minimum Gasteiger partial charge on any atom is -0.313 e. The highest BCUT2D eigenvalue weighted by atomic mass is 19.1. The third kappa shape index (κ3) is 6.60. The second kappa shape index (κ2) is 9.19. The monoisotopic (exact) mass is 291 g/mol. The van der Waals surface area contributed by atoms with Crippen molar-refractivity contribution in [2.24, 2.45) is 0 Å². The Bertz CT molecular complexity index is 383. The van der Waals surface area contributed by atoms with Gasteiger partial charge in [0.05, 0.1) is 0 Å². The fourth-order valence-electron chi connectivity index (χ4n) is 2.89. The van der Waals surface area contributed by atoms with Crippen LogP contribution in [-0.4, -0.2) is 12.6 Å². The summed E-state index contributed by atoms with van der Waals surface area (Å²) in [5.41, 5.74) is 1.29. The molecule has 0 amide bonds. The van der Waals surface area contributed by atoms with Gasteiger partial charge in [0.2, 0.25) is 0 Å². The highest BCUT2D eigenvalue weighted by Crippen LogP contribution is 2.25. The normalized spacial score (nSPS) is 16.1. The molecule has 0 aliphatic heterocycles. The van der Waals surface area contributed by atoms with Gasteiger partial charge >= 0.3 is 0 Å². The summed E-state index contributed by atoms with van der Waals surface area (Å²) >= 11 is 0. The zero-order valence-electron chi connectivity index (χ0n) is 13.4. The van der Waals surface area contributed by atoms with E-state index in [1.165, 1.54) is 63.4 Å². The van der Waals surface area contributed by atoms with Crippen LogP contribution in [0.25, 0.3) is 0 Å². The summed E-state index contributed by atoms with van der Waals surface area (Å²) in [4.78, 5) is 0. The summed E-state index contributed by atoms with van der Waals surface area (Å²) in [7, 11) is 0. The lowest BCUT2D eigenvalue weighted by Crippen LogP contribution is -2.23. The van der Waals surface area contributed by atoms with Crippen LogP contribution in [0.2, 0.25) is 0 Å². The zero-order chi connectivity index (χ0) is 14.9. The molecule has 21 heavy (non-hydrogen) atoms. The first kappa shape index (κ1) is 16.5. The smallest absolute Gasteiger partial charge is 0.123 e. The number of benzene rings is 1. The van der Waals surface area contributed by atoms with Crippen molar-refractivity contribution in [1.29, 1.82) is 0 Å². The van der Waals surface area contributed by atoms with Crippen molar-refractivity contribution in [3.63, 3.8) is 0 Å². The number of hydrogen-bond acceptors (Lipinski definition) is 1. The maximum atomic E-state index is 13.1. The van der Waals surface area contributed by atoms with Crippen molar-refractivity contribution < 1.29 is 4.39 Å². The van der Waals surface area contributed by atoms with Gasteiger partial charge in [0.1, 0.15) is 5.82 Å². The Kier molecular flexibility index (Phi) is 7.21. The third-order valence-corrected chi connectivity index (χ3v) is 4.48. The van der Waals surface area contributed by atoms with Crippen LogP contribution in [0.5, 0.6) is 0 Å². The molecule has 0 aromatic heterocycles. The first-order valence-corrected chi connectivity index (χ1v) is 8.78. The van der Waals surface area contributed by atoms with E-state index in [-0.39, 0.29) is 5.82 Å². The van der Waals surface area contributed by atoms with E-state index in [1.807, 2.05) is 12.1 Å². The Hall–Kier alpha value is -0.890. The summed E-state index contributed by atoms with van der Waals surface area (Å²) in [6, 6.07) is 7.87. The SMILES string of the molecule is CCCCCCCCC(CNC1CC1)c1ccc(F)cc1. The summed E-state index contributed by atoms with van der Waals surface area (Å²) in [5.74, 6) is 0.407. The van der Waals surface area contributed by atoms with Crippen molar-refractivity contribution in [1.82, 2.24) is 5.32 Å². The molecule has 1 aromatic rings. The average Bonchev–Trinajstić information content (AvgIpc) is 3.31. The summed E-state index contributed by atoms with van der Waals surface area (Å²) < 4.78 is 13.1. The van der Waals surface area contributed by atoms with Crippen LogP contribution in [0.1, 0.15) is 76.2 Å². The van der Waals surface area contributed by atoms with Crippen LogP contribution in [0.15, 0.2) is 24.3 Å². The molecule has 1 fully saturated rings. The molecule has 1 unspecified atom stereocenters. The van der Waals surface area contributed by atoms with Gasteiger partial charge in [-0.2, -0.15) is 0 Å². The summed E-state index contributed by atoms with van der Waals surface area (Å²) in [6.07, 6.45) is 11.9. The second-order valence-electron chi connectivity index (χ2n) is 6.49. The summed E-state index contributed by atoms with van der Waals surface area (Å²) in [6.45, 7) is 3.30. The average molecular weight is 291 g/mol. The molecule has 1 aliphatic carbocycles. The lowest BCUT2D eigenvalue weighted by Gasteiger charge is -2.18. The van der Waals surface area contributed by atoms with Crippen molar-refractivity contribution in [2.75, 3.05) is 6.54 Å². The van der Waals surface area contributed by atoms with Crippen LogP contribution >= 0.6 is 0 Å². The molecule has 2 heteroatoms. The van der Waals surface area contributed by atoms with E-state index in [4.69, 9.17) is 0 Å². The minimum atomic E-state index is -0.132.